The Morgan fingerprint density at radius 3 is 2.59 bits per heavy atom. The lowest BCUT2D eigenvalue weighted by Gasteiger charge is -2.25. The molecular formula is C25H27N3O4. The minimum Gasteiger partial charge on any atom is -0.454 e. The highest BCUT2D eigenvalue weighted by atomic mass is 16.7. The van der Waals surface area contributed by atoms with Gasteiger partial charge in [-0.25, -0.2) is 5.01 Å². The standard InChI is InChI=1S/C25H27N3O4/c1-15-4-5-18(10-16(15)2)20-12-21(19-8-9-22-23(11-19)32-14-31-22)28(26-20)24(29)13-27(3)25(30)17-6-7-17/h4-5,8-11,17,21H,6-7,12-14H2,1-3H3/t21-/m0/s1. The number of carbonyl (C=O) groups excluding carboxylic acids is 2. The van der Waals surface area contributed by atoms with E-state index in [1.54, 1.807) is 12.1 Å². The number of amides is 2. The maximum absolute atomic E-state index is 13.3. The van der Waals surface area contributed by atoms with Crippen LogP contribution in [-0.4, -0.2) is 47.8 Å². The fourth-order valence-corrected chi connectivity index (χ4v) is 4.21. The third-order valence-corrected chi connectivity index (χ3v) is 6.46. The third-order valence-electron chi connectivity index (χ3n) is 6.46. The molecule has 0 saturated heterocycles. The van der Waals surface area contributed by atoms with E-state index in [-0.39, 0.29) is 37.1 Å². The van der Waals surface area contributed by atoms with Crippen LogP contribution in [0.15, 0.2) is 41.5 Å². The number of ether oxygens (including phenoxy) is 2. The molecular weight excluding hydrogens is 406 g/mol. The van der Waals surface area contributed by atoms with Crippen LogP contribution in [0.1, 0.15) is 47.6 Å². The summed E-state index contributed by atoms with van der Waals surface area (Å²) in [6, 6.07) is 11.7. The number of hydrogen-bond donors (Lipinski definition) is 0. The van der Waals surface area contributed by atoms with E-state index in [4.69, 9.17) is 14.6 Å². The molecule has 1 fully saturated rings. The Bertz CT molecular complexity index is 1120. The van der Waals surface area contributed by atoms with E-state index in [0.29, 0.717) is 17.9 Å². The Morgan fingerprint density at radius 1 is 1.06 bits per heavy atom. The molecule has 7 nitrogen and oxygen atoms in total. The molecule has 166 valence electrons. The minimum absolute atomic E-state index is 0.0140. The number of likely N-dealkylation sites (N-methyl/N-ethyl adjacent to an activating group) is 1. The van der Waals surface area contributed by atoms with Gasteiger partial charge in [-0.3, -0.25) is 9.59 Å². The van der Waals surface area contributed by atoms with Gasteiger partial charge in [0, 0.05) is 19.4 Å². The number of benzene rings is 2. The van der Waals surface area contributed by atoms with Gasteiger partial charge in [0.1, 0.15) is 6.54 Å². The molecule has 0 unspecified atom stereocenters. The lowest BCUT2D eigenvalue weighted by atomic mass is 9.96. The van der Waals surface area contributed by atoms with E-state index >= 15 is 0 Å². The zero-order chi connectivity index (χ0) is 22.4. The molecule has 0 N–H and O–H groups in total. The van der Waals surface area contributed by atoms with Gasteiger partial charge < -0.3 is 14.4 Å². The second-order valence-electron chi connectivity index (χ2n) is 8.89. The molecule has 1 aliphatic carbocycles. The van der Waals surface area contributed by atoms with E-state index < -0.39 is 0 Å². The molecule has 2 aromatic carbocycles. The second kappa shape index (κ2) is 7.97. The van der Waals surface area contributed by atoms with Crippen LogP contribution in [0.25, 0.3) is 0 Å². The topological polar surface area (TPSA) is 71.4 Å². The molecule has 2 heterocycles. The van der Waals surface area contributed by atoms with Gasteiger partial charge in [-0.05, 0) is 67.1 Å². The molecule has 3 aliphatic rings. The van der Waals surface area contributed by atoms with Crippen LogP contribution in [-0.2, 0) is 9.59 Å². The van der Waals surface area contributed by atoms with Gasteiger partial charge in [-0.1, -0.05) is 18.2 Å². The van der Waals surface area contributed by atoms with Crippen molar-refractivity contribution in [2.24, 2.45) is 11.0 Å². The first-order chi connectivity index (χ1) is 15.4. The van der Waals surface area contributed by atoms with Crippen LogP contribution in [0.3, 0.4) is 0 Å². The highest BCUT2D eigenvalue weighted by Gasteiger charge is 2.37. The molecule has 0 aromatic heterocycles. The van der Waals surface area contributed by atoms with E-state index in [9.17, 15) is 9.59 Å². The third kappa shape index (κ3) is 3.83. The van der Waals surface area contributed by atoms with Crippen LogP contribution in [0.4, 0.5) is 0 Å². The van der Waals surface area contributed by atoms with Gasteiger partial charge in [0.25, 0.3) is 5.91 Å². The number of hydrazone groups is 1. The molecule has 2 amide bonds. The molecule has 0 radical (unpaired) electrons. The van der Waals surface area contributed by atoms with Crippen LogP contribution in [0.5, 0.6) is 11.5 Å². The van der Waals surface area contributed by atoms with Gasteiger partial charge in [-0.2, -0.15) is 5.10 Å². The van der Waals surface area contributed by atoms with Gasteiger partial charge >= 0.3 is 0 Å². The Hall–Kier alpha value is -3.35. The summed E-state index contributed by atoms with van der Waals surface area (Å²) in [6.07, 6.45) is 2.42. The molecule has 0 spiro atoms. The van der Waals surface area contributed by atoms with Gasteiger partial charge in [0.15, 0.2) is 11.5 Å². The predicted molar refractivity (Wildman–Crippen MR) is 120 cm³/mol. The first-order valence-electron chi connectivity index (χ1n) is 11.0. The molecule has 1 saturated carbocycles. The van der Waals surface area contributed by atoms with Crippen molar-refractivity contribution in [3.8, 4) is 11.5 Å². The summed E-state index contributed by atoms with van der Waals surface area (Å²) in [5.41, 5.74) is 5.20. The average Bonchev–Trinajstić information content (AvgIpc) is 3.35. The largest absolute Gasteiger partial charge is 0.454 e. The summed E-state index contributed by atoms with van der Waals surface area (Å²) in [7, 11) is 1.69. The van der Waals surface area contributed by atoms with Crippen LogP contribution in [0.2, 0.25) is 0 Å². The summed E-state index contributed by atoms with van der Waals surface area (Å²) in [4.78, 5) is 27.2. The van der Waals surface area contributed by atoms with E-state index in [1.165, 1.54) is 16.0 Å². The number of fused-ring (bicyclic) bond motifs is 1. The van der Waals surface area contributed by atoms with Gasteiger partial charge in [-0.15, -0.1) is 0 Å². The smallest absolute Gasteiger partial charge is 0.262 e. The fourth-order valence-electron chi connectivity index (χ4n) is 4.21. The first-order valence-corrected chi connectivity index (χ1v) is 11.0. The van der Waals surface area contributed by atoms with Gasteiger partial charge in [0.2, 0.25) is 12.7 Å². The number of aryl methyl sites for hydroxylation is 2. The number of rotatable bonds is 5. The lowest BCUT2D eigenvalue weighted by molar-refractivity contribution is -0.141. The molecule has 1 atom stereocenters. The van der Waals surface area contributed by atoms with Crippen LogP contribution < -0.4 is 9.47 Å². The Kier molecular flexibility index (Phi) is 5.12. The molecule has 0 bridgehead atoms. The SMILES string of the molecule is Cc1ccc(C2=NN(C(=O)CN(C)C(=O)C3CC3)[C@H](c3ccc4c(c3)OCO4)C2)cc1C. The van der Waals surface area contributed by atoms with E-state index in [1.807, 2.05) is 18.2 Å². The zero-order valence-electron chi connectivity index (χ0n) is 18.6. The van der Waals surface area contributed by atoms with E-state index in [0.717, 1.165) is 29.7 Å². The van der Waals surface area contributed by atoms with Crippen molar-refractivity contribution in [1.82, 2.24) is 9.91 Å². The van der Waals surface area contributed by atoms with Crippen LogP contribution >= 0.6 is 0 Å². The number of nitrogens with zero attached hydrogens (tertiary/aromatic N) is 3. The van der Waals surface area contributed by atoms with Gasteiger partial charge in [0.05, 0.1) is 11.8 Å². The average molecular weight is 434 g/mol. The predicted octanol–water partition coefficient (Wildman–Crippen LogP) is 3.58. The Labute approximate surface area is 187 Å². The maximum Gasteiger partial charge on any atom is 0.262 e. The highest BCUT2D eigenvalue weighted by molar-refractivity contribution is 6.03. The molecule has 7 heteroatoms. The molecule has 2 aromatic rings. The monoisotopic (exact) mass is 433 g/mol. The zero-order valence-corrected chi connectivity index (χ0v) is 18.6. The molecule has 2 aliphatic heterocycles. The summed E-state index contributed by atoms with van der Waals surface area (Å²) in [5.74, 6) is 1.30. The van der Waals surface area contributed by atoms with Crippen molar-refractivity contribution < 1.29 is 19.1 Å². The summed E-state index contributed by atoms with van der Waals surface area (Å²) in [6.45, 7) is 4.36. The van der Waals surface area contributed by atoms with Crippen molar-refractivity contribution >= 4 is 17.5 Å². The van der Waals surface area contributed by atoms with Crippen molar-refractivity contribution in [1.29, 1.82) is 0 Å². The molecule has 32 heavy (non-hydrogen) atoms. The summed E-state index contributed by atoms with van der Waals surface area (Å²) in [5, 5.41) is 6.28. The lowest BCUT2D eigenvalue weighted by Crippen LogP contribution is -2.39. The Morgan fingerprint density at radius 2 is 1.84 bits per heavy atom. The molecule has 5 rings (SSSR count). The Balaban J connectivity index is 1.44. The summed E-state index contributed by atoms with van der Waals surface area (Å²) >= 11 is 0. The normalized spacial score (nSPS) is 19.2. The van der Waals surface area contributed by atoms with Crippen molar-refractivity contribution in [2.45, 2.75) is 39.2 Å². The van der Waals surface area contributed by atoms with Crippen molar-refractivity contribution in [3.63, 3.8) is 0 Å². The quantitative estimate of drug-likeness (QED) is 0.723. The maximum atomic E-state index is 13.3. The van der Waals surface area contributed by atoms with Crippen LogP contribution in [0, 0.1) is 19.8 Å². The summed E-state index contributed by atoms with van der Waals surface area (Å²) < 4.78 is 11.0. The second-order valence-corrected chi connectivity index (χ2v) is 8.89. The first kappa shape index (κ1) is 20.5. The fraction of sp³-hybridized carbons (Fsp3) is 0.400. The highest BCUT2D eigenvalue weighted by Crippen LogP contribution is 2.39. The van der Waals surface area contributed by atoms with Crippen molar-refractivity contribution in [2.75, 3.05) is 20.4 Å². The van der Waals surface area contributed by atoms with E-state index in [2.05, 4.69) is 32.0 Å². The minimum atomic E-state index is -0.266. The number of carbonyl (C=O) groups is 2. The number of hydrogen-bond acceptors (Lipinski definition) is 5. The van der Waals surface area contributed by atoms with Crippen molar-refractivity contribution in [3.05, 3.63) is 58.7 Å².